The number of nitrogens with one attached hydrogen (secondary N) is 1. The van der Waals surface area contributed by atoms with Crippen LogP contribution in [0, 0.1) is 0 Å². The van der Waals surface area contributed by atoms with E-state index in [4.69, 9.17) is 5.11 Å². The zero-order chi connectivity index (χ0) is 13.7. The topological polar surface area (TPSA) is 81.9 Å². The minimum atomic E-state index is -1.03. The summed E-state index contributed by atoms with van der Waals surface area (Å²) in [6, 6.07) is 13.2. The highest BCUT2D eigenvalue weighted by Crippen LogP contribution is 2.16. The lowest BCUT2D eigenvalue weighted by atomic mass is 10.2. The van der Waals surface area contributed by atoms with E-state index in [2.05, 4.69) is 10.5 Å². The summed E-state index contributed by atoms with van der Waals surface area (Å²) in [5.41, 5.74) is 3.72. The maximum Gasteiger partial charge on any atom is 0.337 e. The number of anilines is 1. The van der Waals surface area contributed by atoms with Crippen molar-refractivity contribution in [1.82, 2.24) is 0 Å². The number of phenols is 1. The Kier molecular flexibility index (Phi) is 3.78. The van der Waals surface area contributed by atoms with Gasteiger partial charge < -0.3 is 10.2 Å². The molecular formula is C14H12N2O3. The Balaban J connectivity index is 2.15. The third-order valence-electron chi connectivity index (χ3n) is 2.48. The minimum absolute atomic E-state index is 0.111. The average Bonchev–Trinajstić information content (AvgIpc) is 2.41. The second kappa shape index (κ2) is 5.68. The molecule has 0 aliphatic rings. The number of hydrogen-bond acceptors (Lipinski definition) is 4. The zero-order valence-electron chi connectivity index (χ0n) is 9.95. The smallest absolute Gasteiger partial charge is 0.337 e. The van der Waals surface area contributed by atoms with Crippen LogP contribution in [0.5, 0.6) is 5.75 Å². The minimum Gasteiger partial charge on any atom is -0.507 e. The molecule has 0 heterocycles. The van der Waals surface area contributed by atoms with Crippen LogP contribution >= 0.6 is 0 Å². The Labute approximate surface area is 109 Å². The number of carboxylic acid groups (broad SMARTS) is 1. The molecule has 0 aromatic heterocycles. The molecule has 5 heteroatoms. The Morgan fingerprint density at radius 3 is 2.53 bits per heavy atom. The summed E-state index contributed by atoms with van der Waals surface area (Å²) in [5, 5.41) is 22.4. The summed E-state index contributed by atoms with van der Waals surface area (Å²) < 4.78 is 0. The molecule has 0 radical (unpaired) electrons. The molecule has 0 saturated carbocycles. The van der Waals surface area contributed by atoms with E-state index in [9.17, 15) is 9.90 Å². The Bertz CT molecular complexity index is 624. The third-order valence-corrected chi connectivity index (χ3v) is 2.48. The van der Waals surface area contributed by atoms with Crippen molar-refractivity contribution < 1.29 is 15.0 Å². The highest BCUT2D eigenvalue weighted by Gasteiger charge is 2.07. The summed E-state index contributed by atoms with van der Waals surface area (Å²) in [6.07, 6.45) is 1.42. The van der Waals surface area contributed by atoms with E-state index in [0.717, 1.165) is 0 Å². The van der Waals surface area contributed by atoms with Gasteiger partial charge in [-0.2, -0.15) is 5.10 Å². The normalized spacial score (nSPS) is 10.5. The fourth-order valence-electron chi connectivity index (χ4n) is 1.54. The SMILES string of the molecule is O=C(O)c1ccccc1N/N=C\c1ccccc1O. The van der Waals surface area contributed by atoms with Gasteiger partial charge in [-0.25, -0.2) is 4.79 Å². The van der Waals surface area contributed by atoms with Crippen LogP contribution in [-0.4, -0.2) is 22.4 Å². The Hall–Kier alpha value is -2.82. The first-order valence-corrected chi connectivity index (χ1v) is 5.58. The molecule has 0 bridgehead atoms. The van der Waals surface area contributed by atoms with Gasteiger partial charge in [0.1, 0.15) is 5.75 Å². The number of carboxylic acids is 1. The van der Waals surface area contributed by atoms with E-state index in [0.29, 0.717) is 11.3 Å². The zero-order valence-corrected chi connectivity index (χ0v) is 9.95. The van der Waals surface area contributed by atoms with Gasteiger partial charge in [0.15, 0.2) is 0 Å². The molecule has 0 amide bonds. The molecule has 3 N–H and O–H groups in total. The Morgan fingerprint density at radius 1 is 1.11 bits per heavy atom. The average molecular weight is 256 g/mol. The largest absolute Gasteiger partial charge is 0.507 e. The molecule has 2 rings (SSSR count). The summed E-state index contributed by atoms with van der Waals surface area (Å²) in [6.45, 7) is 0. The van der Waals surface area contributed by atoms with Crippen molar-refractivity contribution in [3.8, 4) is 5.75 Å². The van der Waals surface area contributed by atoms with Gasteiger partial charge in [0.2, 0.25) is 0 Å². The van der Waals surface area contributed by atoms with Crippen LogP contribution in [-0.2, 0) is 0 Å². The van der Waals surface area contributed by atoms with Gasteiger partial charge in [-0.3, -0.25) is 5.43 Å². The molecule has 0 saturated heterocycles. The predicted octanol–water partition coefficient (Wildman–Crippen LogP) is 2.54. The first-order valence-electron chi connectivity index (χ1n) is 5.58. The fourth-order valence-corrected chi connectivity index (χ4v) is 1.54. The van der Waals surface area contributed by atoms with Crippen LogP contribution in [0.2, 0.25) is 0 Å². The van der Waals surface area contributed by atoms with Crippen LogP contribution in [0.25, 0.3) is 0 Å². The van der Waals surface area contributed by atoms with Crippen molar-refractivity contribution in [3.63, 3.8) is 0 Å². The standard InChI is InChI=1S/C14H12N2O3/c17-13-8-4-1-5-10(13)9-15-16-12-7-3-2-6-11(12)14(18)19/h1-9,16-17H,(H,18,19)/b15-9-. The van der Waals surface area contributed by atoms with Gasteiger partial charge in [-0.15, -0.1) is 0 Å². The molecule has 0 fully saturated rings. The highest BCUT2D eigenvalue weighted by molar-refractivity contribution is 5.94. The van der Waals surface area contributed by atoms with Crippen molar-refractivity contribution in [2.45, 2.75) is 0 Å². The maximum absolute atomic E-state index is 11.0. The van der Waals surface area contributed by atoms with Gasteiger partial charge in [-0.05, 0) is 24.3 Å². The van der Waals surface area contributed by atoms with Crippen molar-refractivity contribution in [2.75, 3.05) is 5.43 Å². The van der Waals surface area contributed by atoms with E-state index in [1.807, 2.05) is 0 Å². The fraction of sp³-hybridized carbons (Fsp3) is 0. The number of phenolic OH excluding ortho intramolecular Hbond substituents is 1. The molecule has 0 spiro atoms. The van der Waals surface area contributed by atoms with E-state index in [-0.39, 0.29) is 11.3 Å². The molecule has 0 aliphatic carbocycles. The molecule has 5 nitrogen and oxygen atoms in total. The van der Waals surface area contributed by atoms with Gasteiger partial charge in [0.05, 0.1) is 17.5 Å². The molecule has 0 unspecified atom stereocenters. The van der Waals surface area contributed by atoms with E-state index < -0.39 is 5.97 Å². The summed E-state index contributed by atoms with van der Waals surface area (Å²) in [4.78, 5) is 11.0. The quantitative estimate of drug-likeness (QED) is 0.580. The van der Waals surface area contributed by atoms with Gasteiger partial charge in [0.25, 0.3) is 0 Å². The molecule has 0 atom stereocenters. The van der Waals surface area contributed by atoms with Crippen LogP contribution < -0.4 is 5.43 Å². The number of benzene rings is 2. The number of para-hydroxylation sites is 2. The second-order valence-corrected chi connectivity index (χ2v) is 3.78. The number of carbonyl (C=O) groups is 1. The number of hydrogen-bond donors (Lipinski definition) is 3. The first-order chi connectivity index (χ1) is 9.18. The molecular weight excluding hydrogens is 244 g/mol. The molecule has 2 aromatic rings. The second-order valence-electron chi connectivity index (χ2n) is 3.78. The maximum atomic E-state index is 11.0. The van der Waals surface area contributed by atoms with E-state index in [1.165, 1.54) is 12.3 Å². The number of aromatic hydroxyl groups is 1. The lowest BCUT2D eigenvalue weighted by Crippen LogP contribution is -2.02. The first kappa shape index (κ1) is 12.6. The van der Waals surface area contributed by atoms with Crippen molar-refractivity contribution in [1.29, 1.82) is 0 Å². The van der Waals surface area contributed by atoms with Gasteiger partial charge in [-0.1, -0.05) is 24.3 Å². The Morgan fingerprint density at radius 2 is 1.79 bits per heavy atom. The molecule has 0 aliphatic heterocycles. The van der Waals surface area contributed by atoms with E-state index in [1.54, 1.807) is 42.5 Å². The van der Waals surface area contributed by atoms with Crippen molar-refractivity contribution in [3.05, 3.63) is 59.7 Å². The third kappa shape index (κ3) is 3.10. The van der Waals surface area contributed by atoms with Crippen LogP contribution in [0.1, 0.15) is 15.9 Å². The van der Waals surface area contributed by atoms with Gasteiger partial charge >= 0.3 is 5.97 Å². The lowest BCUT2D eigenvalue weighted by molar-refractivity contribution is 0.0698. The van der Waals surface area contributed by atoms with Crippen LogP contribution in [0.4, 0.5) is 5.69 Å². The number of hydrazone groups is 1. The van der Waals surface area contributed by atoms with Crippen molar-refractivity contribution >= 4 is 17.9 Å². The summed E-state index contributed by atoms with van der Waals surface area (Å²) in [5.74, 6) is -0.916. The number of rotatable bonds is 4. The predicted molar refractivity (Wildman–Crippen MR) is 72.7 cm³/mol. The highest BCUT2D eigenvalue weighted by atomic mass is 16.4. The summed E-state index contributed by atoms with van der Waals surface area (Å²) in [7, 11) is 0. The molecule has 2 aromatic carbocycles. The number of nitrogens with zero attached hydrogens (tertiary/aromatic N) is 1. The van der Waals surface area contributed by atoms with Gasteiger partial charge in [0, 0.05) is 5.56 Å². The number of aromatic carboxylic acids is 1. The van der Waals surface area contributed by atoms with Crippen LogP contribution in [0.3, 0.4) is 0 Å². The van der Waals surface area contributed by atoms with E-state index >= 15 is 0 Å². The van der Waals surface area contributed by atoms with Crippen LogP contribution in [0.15, 0.2) is 53.6 Å². The molecule has 19 heavy (non-hydrogen) atoms. The van der Waals surface area contributed by atoms with Crippen molar-refractivity contribution in [2.24, 2.45) is 5.10 Å². The molecule has 96 valence electrons. The monoisotopic (exact) mass is 256 g/mol. The lowest BCUT2D eigenvalue weighted by Gasteiger charge is -2.04. The summed E-state index contributed by atoms with van der Waals surface area (Å²) >= 11 is 0.